The smallest absolute Gasteiger partial charge is 0.268 e. The van der Waals surface area contributed by atoms with Crippen LogP contribution in [0, 0.1) is 0 Å². The summed E-state index contributed by atoms with van der Waals surface area (Å²) in [5.41, 5.74) is 3.05. The van der Waals surface area contributed by atoms with Crippen molar-refractivity contribution in [1.29, 1.82) is 0 Å². The minimum atomic E-state index is -3.63. The molecule has 136 valence electrons. The maximum atomic E-state index is 13.0. The van der Waals surface area contributed by atoms with Gasteiger partial charge >= 0.3 is 0 Å². The molecular formula is C20H22N2O3S. The van der Waals surface area contributed by atoms with Gasteiger partial charge in [0.1, 0.15) is 0 Å². The lowest BCUT2D eigenvalue weighted by Crippen LogP contribution is -2.35. The van der Waals surface area contributed by atoms with Gasteiger partial charge in [0.05, 0.1) is 10.4 Å². The lowest BCUT2D eigenvalue weighted by atomic mass is 9.70. The number of nitrogens with zero attached hydrogens (tertiary/aromatic N) is 2. The highest BCUT2D eigenvalue weighted by molar-refractivity contribution is 7.90. The summed E-state index contributed by atoms with van der Waals surface area (Å²) < 4.78 is 27.4. The maximum Gasteiger partial charge on any atom is 0.268 e. The molecule has 0 fully saturated rings. The molecule has 0 unspecified atom stereocenters. The number of fused-ring (bicyclic) bond motifs is 2. The highest BCUT2D eigenvalue weighted by Crippen LogP contribution is 2.51. The van der Waals surface area contributed by atoms with Gasteiger partial charge in [0, 0.05) is 30.1 Å². The van der Waals surface area contributed by atoms with E-state index in [2.05, 4.69) is 11.0 Å². The lowest BCUT2D eigenvalue weighted by molar-refractivity contribution is 0.184. The molecule has 2 aromatic carbocycles. The molecule has 1 N–H and O–H groups in total. The van der Waals surface area contributed by atoms with Gasteiger partial charge in [-0.1, -0.05) is 18.2 Å². The quantitative estimate of drug-likeness (QED) is 0.750. The first-order chi connectivity index (χ1) is 12.4. The van der Waals surface area contributed by atoms with Gasteiger partial charge in [-0.3, -0.25) is 0 Å². The zero-order valence-electron chi connectivity index (χ0n) is 14.8. The summed E-state index contributed by atoms with van der Waals surface area (Å²) in [4.78, 5) is 2.41. The molecule has 1 heterocycles. The molecule has 1 aromatic heterocycles. The van der Waals surface area contributed by atoms with Gasteiger partial charge < -0.3 is 10.0 Å². The standard InChI is InChI=1S/C20H22N2O3S/c1-21(2)20-16(9-11-23)17-12-14-8-10-22(19(14)13-18(17)20)26(24,25)15-6-4-3-5-7-15/h3-8,10,12-13,16,20,23H,9,11H2,1-2H3/t16-,20-/m0/s1. The van der Waals surface area contributed by atoms with E-state index in [4.69, 9.17) is 0 Å². The van der Waals surface area contributed by atoms with Gasteiger partial charge in [0.25, 0.3) is 10.0 Å². The Morgan fingerprint density at radius 1 is 1.08 bits per heavy atom. The summed E-state index contributed by atoms with van der Waals surface area (Å²) >= 11 is 0. The monoisotopic (exact) mass is 370 g/mol. The highest BCUT2D eigenvalue weighted by Gasteiger charge is 2.39. The number of aliphatic hydroxyl groups excluding tert-OH is 1. The molecule has 0 saturated heterocycles. The zero-order chi connectivity index (χ0) is 18.5. The summed E-state index contributed by atoms with van der Waals surface area (Å²) in [6.07, 6.45) is 2.34. The van der Waals surface area contributed by atoms with Crippen LogP contribution in [0.2, 0.25) is 0 Å². The van der Waals surface area contributed by atoms with Crippen molar-refractivity contribution in [3.05, 3.63) is 65.9 Å². The molecule has 26 heavy (non-hydrogen) atoms. The number of aromatic nitrogens is 1. The number of hydrogen-bond acceptors (Lipinski definition) is 4. The number of benzene rings is 2. The molecule has 0 bridgehead atoms. The van der Waals surface area contributed by atoms with Crippen LogP contribution in [-0.4, -0.2) is 43.1 Å². The molecule has 0 saturated carbocycles. The third-order valence-electron chi connectivity index (χ3n) is 5.25. The molecule has 0 radical (unpaired) electrons. The summed E-state index contributed by atoms with van der Waals surface area (Å²) in [6, 6.07) is 14.6. The fourth-order valence-corrected chi connectivity index (χ4v) is 5.43. The van der Waals surface area contributed by atoms with Gasteiger partial charge in [-0.15, -0.1) is 0 Å². The average Bonchev–Trinajstić information content (AvgIpc) is 3.04. The molecule has 0 amide bonds. The maximum absolute atomic E-state index is 13.0. The van der Waals surface area contributed by atoms with E-state index in [1.165, 1.54) is 9.54 Å². The van der Waals surface area contributed by atoms with Crippen LogP contribution < -0.4 is 0 Å². The van der Waals surface area contributed by atoms with Gasteiger partial charge in [-0.05, 0) is 62.0 Å². The van der Waals surface area contributed by atoms with E-state index in [1.54, 1.807) is 36.5 Å². The average molecular weight is 370 g/mol. The fourth-order valence-electron chi connectivity index (χ4n) is 4.07. The van der Waals surface area contributed by atoms with E-state index < -0.39 is 10.0 Å². The van der Waals surface area contributed by atoms with Crippen molar-refractivity contribution in [1.82, 2.24) is 8.87 Å². The molecule has 2 atom stereocenters. The molecule has 0 aliphatic heterocycles. The second-order valence-electron chi connectivity index (χ2n) is 7.00. The minimum Gasteiger partial charge on any atom is -0.396 e. The van der Waals surface area contributed by atoms with Crippen LogP contribution in [0.5, 0.6) is 0 Å². The van der Waals surface area contributed by atoms with Crippen LogP contribution in [0.25, 0.3) is 10.9 Å². The summed E-state index contributed by atoms with van der Waals surface area (Å²) in [7, 11) is 0.405. The highest BCUT2D eigenvalue weighted by atomic mass is 32.2. The third kappa shape index (κ3) is 2.48. The summed E-state index contributed by atoms with van der Waals surface area (Å²) in [5.74, 6) is 0.281. The predicted molar refractivity (Wildman–Crippen MR) is 102 cm³/mol. The Labute approximate surface area is 153 Å². The number of likely N-dealkylation sites (N-methyl/N-ethyl adjacent to an activating group) is 1. The van der Waals surface area contributed by atoms with E-state index in [1.807, 2.05) is 26.2 Å². The first-order valence-electron chi connectivity index (χ1n) is 8.68. The Morgan fingerprint density at radius 3 is 2.46 bits per heavy atom. The van der Waals surface area contributed by atoms with Crippen molar-refractivity contribution in [2.24, 2.45) is 0 Å². The molecule has 1 aliphatic rings. The van der Waals surface area contributed by atoms with Crippen molar-refractivity contribution in [3.63, 3.8) is 0 Å². The van der Waals surface area contributed by atoms with Crippen molar-refractivity contribution >= 4 is 20.9 Å². The first-order valence-corrected chi connectivity index (χ1v) is 10.1. The Kier molecular flexibility index (Phi) is 4.14. The molecule has 0 spiro atoms. The predicted octanol–water partition coefficient (Wildman–Crippen LogP) is 2.96. The Bertz CT molecular complexity index is 1060. The molecule has 3 aromatic rings. The molecular weight excluding hydrogens is 348 g/mol. The number of aliphatic hydroxyl groups is 1. The molecule has 6 heteroatoms. The minimum absolute atomic E-state index is 0.149. The van der Waals surface area contributed by atoms with Crippen LogP contribution in [0.1, 0.15) is 29.5 Å². The fraction of sp³-hybridized carbons (Fsp3) is 0.300. The van der Waals surface area contributed by atoms with E-state index >= 15 is 0 Å². The van der Waals surface area contributed by atoms with Gasteiger partial charge in [-0.2, -0.15) is 0 Å². The summed E-state index contributed by atoms with van der Waals surface area (Å²) in [5, 5.41) is 10.3. The van der Waals surface area contributed by atoms with Crippen LogP contribution in [0.3, 0.4) is 0 Å². The van der Waals surface area contributed by atoms with Crippen LogP contribution in [-0.2, 0) is 10.0 Å². The zero-order valence-corrected chi connectivity index (χ0v) is 15.6. The Balaban J connectivity index is 1.86. The summed E-state index contributed by atoms with van der Waals surface area (Å²) in [6.45, 7) is 0.149. The second-order valence-corrected chi connectivity index (χ2v) is 8.81. The Morgan fingerprint density at radius 2 is 1.81 bits per heavy atom. The van der Waals surface area contributed by atoms with Crippen molar-refractivity contribution in [2.45, 2.75) is 23.3 Å². The molecule has 5 nitrogen and oxygen atoms in total. The third-order valence-corrected chi connectivity index (χ3v) is 6.96. The second kappa shape index (κ2) is 6.23. The van der Waals surface area contributed by atoms with Crippen molar-refractivity contribution in [2.75, 3.05) is 20.7 Å². The SMILES string of the molecule is CN(C)[C@@H]1c2cc3c(ccn3S(=O)(=O)c3ccccc3)cc2[C@@H]1CCO. The van der Waals surface area contributed by atoms with E-state index in [9.17, 15) is 13.5 Å². The normalized spacial score (nSPS) is 19.5. The van der Waals surface area contributed by atoms with Gasteiger partial charge in [-0.25, -0.2) is 12.4 Å². The Hall–Kier alpha value is -2.15. The lowest BCUT2D eigenvalue weighted by Gasteiger charge is -2.43. The van der Waals surface area contributed by atoms with Crippen molar-refractivity contribution < 1.29 is 13.5 Å². The number of rotatable bonds is 5. The molecule has 1 aliphatic carbocycles. The van der Waals surface area contributed by atoms with Crippen LogP contribution in [0.4, 0.5) is 0 Å². The van der Waals surface area contributed by atoms with E-state index in [-0.39, 0.29) is 23.5 Å². The van der Waals surface area contributed by atoms with Crippen molar-refractivity contribution in [3.8, 4) is 0 Å². The largest absolute Gasteiger partial charge is 0.396 e. The number of hydrogen-bond donors (Lipinski definition) is 1. The van der Waals surface area contributed by atoms with Gasteiger partial charge in [0.15, 0.2) is 0 Å². The first kappa shape index (κ1) is 17.3. The topological polar surface area (TPSA) is 62.5 Å². The molecule has 4 rings (SSSR count). The van der Waals surface area contributed by atoms with Crippen LogP contribution in [0.15, 0.2) is 59.6 Å². The van der Waals surface area contributed by atoms with E-state index in [0.29, 0.717) is 11.9 Å². The van der Waals surface area contributed by atoms with Crippen LogP contribution >= 0.6 is 0 Å². The van der Waals surface area contributed by atoms with E-state index in [0.717, 1.165) is 10.9 Å². The van der Waals surface area contributed by atoms with Gasteiger partial charge in [0.2, 0.25) is 0 Å².